The Labute approximate surface area is 62.4 Å². The summed E-state index contributed by atoms with van der Waals surface area (Å²) in [5, 5.41) is 17.1. The number of hydrogen-bond donors (Lipinski definition) is 2. The molecule has 0 aliphatic rings. The summed E-state index contributed by atoms with van der Waals surface area (Å²) in [6, 6.07) is 0. The van der Waals surface area contributed by atoms with Crippen molar-refractivity contribution in [2.75, 3.05) is 0 Å². The van der Waals surface area contributed by atoms with Gasteiger partial charge in [0, 0.05) is 12.4 Å². The van der Waals surface area contributed by atoms with Crippen molar-refractivity contribution in [3.63, 3.8) is 0 Å². The molecule has 2 N–H and O–H groups in total. The summed E-state index contributed by atoms with van der Waals surface area (Å²) in [6.45, 7) is -0.407. The number of aliphatic hydroxyl groups excluding tert-OH is 1. The van der Waals surface area contributed by atoms with E-state index in [-0.39, 0.29) is 11.4 Å². The second kappa shape index (κ2) is 3.07. The van der Waals surface area contributed by atoms with Gasteiger partial charge < -0.3 is 10.2 Å². The van der Waals surface area contributed by atoms with Gasteiger partial charge in [-0.2, -0.15) is 0 Å². The van der Waals surface area contributed by atoms with Crippen molar-refractivity contribution in [2.24, 2.45) is 0 Å². The number of aromatic carboxylic acids is 1. The smallest absolute Gasteiger partial charge is 0.356 e. The van der Waals surface area contributed by atoms with Crippen LogP contribution < -0.4 is 0 Å². The normalized spacial score (nSPS) is 9.55. The molecule has 0 bridgehead atoms. The number of nitrogens with zero attached hydrogens (tertiary/aromatic N) is 2. The van der Waals surface area contributed by atoms with E-state index in [2.05, 4.69) is 9.97 Å². The Morgan fingerprint density at radius 3 is 2.55 bits per heavy atom. The molecule has 0 saturated heterocycles. The van der Waals surface area contributed by atoms with Crippen LogP contribution in [0.5, 0.6) is 0 Å². The van der Waals surface area contributed by atoms with E-state index in [0.29, 0.717) is 0 Å². The summed E-state index contributed by atoms with van der Waals surface area (Å²) in [6.07, 6.45) is 2.60. The second-order valence-corrected chi connectivity index (χ2v) is 1.81. The van der Waals surface area contributed by atoms with Gasteiger partial charge in [0.05, 0.1) is 12.3 Å². The Balaban J connectivity index is 3.12. The molecule has 0 fully saturated rings. The number of carboxylic acids is 1. The molecule has 0 atom stereocenters. The third-order valence-corrected chi connectivity index (χ3v) is 1.13. The standard InChI is InChI=1S/C6H6N2O3/c9-3-4-5(6(10)11)8-2-1-7-4/h1-2,9H,3H2,(H,10,11). The molecule has 1 heterocycles. The molecule has 0 aliphatic carbocycles. The fourth-order valence-corrected chi connectivity index (χ4v) is 0.661. The number of rotatable bonds is 2. The van der Waals surface area contributed by atoms with Crippen LogP contribution in [-0.4, -0.2) is 26.2 Å². The van der Waals surface area contributed by atoms with Gasteiger partial charge in [-0.1, -0.05) is 0 Å². The highest BCUT2D eigenvalue weighted by molar-refractivity contribution is 5.86. The molecule has 58 valence electrons. The first-order chi connectivity index (χ1) is 5.25. The Kier molecular flexibility index (Phi) is 2.12. The van der Waals surface area contributed by atoms with Crippen molar-refractivity contribution >= 4 is 5.97 Å². The molecule has 1 rings (SSSR count). The van der Waals surface area contributed by atoms with Crippen molar-refractivity contribution in [3.8, 4) is 0 Å². The number of aliphatic hydroxyl groups is 1. The zero-order valence-electron chi connectivity index (χ0n) is 5.56. The molecule has 0 aliphatic heterocycles. The fraction of sp³-hybridized carbons (Fsp3) is 0.167. The minimum Gasteiger partial charge on any atom is -0.476 e. The third-order valence-electron chi connectivity index (χ3n) is 1.13. The van der Waals surface area contributed by atoms with Gasteiger partial charge >= 0.3 is 5.97 Å². The molecule has 5 heteroatoms. The summed E-state index contributed by atoms with van der Waals surface area (Å²) in [7, 11) is 0. The average molecular weight is 154 g/mol. The lowest BCUT2D eigenvalue weighted by Gasteiger charge is -1.97. The number of aromatic nitrogens is 2. The zero-order valence-corrected chi connectivity index (χ0v) is 5.56. The number of carbonyl (C=O) groups is 1. The van der Waals surface area contributed by atoms with E-state index in [1.807, 2.05) is 0 Å². The Morgan fingerprint density at radius 1 is 1.45 bits per heavy atom. The van der Waals surface area contributed by atoms with Crippen LogP contribution in [0.25, 0.3) is 0 Å². The summed E-state index contributed by atoms with van der Waals surface area (Å²) in [5.74, 6) is -1.18. The van der Waals surface area contributed by atoms with Gasteiger partial charge in [0.15, 0.2) is 5.69 Å². The van der Waals surface area contributed by atoms with Gasteiger partial charge in [-0.25, -0.2) is 9.78 Å². The van der Waals surface area contributed by atoms with Gasteiger partial charge in [-0.15, -0.1) is 0 Å². The molecule has 0 spiro atoms. The highest BCUT2D eigenvalue weighted by atomic mass is 16.4. The zero-order chi connectivity index (χ0) is 8.27. The molecule has 0 radical (unpaired) electrons. The lowest BCUT2D eigenvalue weighted by Crippen LogP contribution is -2.07. The van der Waals surface area contributed by atoms with Crippen LogP contribution >= 0.6 is 0 Å². The molecule has 0 aromatic carbocycles. The highest BCUT2D eigenvalue weighted by Crippen LogP contribution is 1.99. The van der Waals surface area contributed by atoms with Crippen molar-refractivity contribution in [2.45, 2.75) is 6.61 Å². The van der Waals surface area contributed by atoms with E-state index in [1.54, 1.807) is 0 Å². The van der Waals surface area contributed by atoms with E-state index in [0.717, 1.165) is 0 Å². The Bertz CT molecular complexity index is 274. The molecular formula is C6H6N2O3. The molecule has 0 saturated carbocycles. The van der Waals surface area contributed by atoms with Crippen LogP contribution in [0.1, 0.15) is 16.2 Å². The van der Waals surface area contributed by atoms with Crippen LogP contribution in [0, 0.1) is 0 Å². The summed E-state index contributed by atoms with van der Waals surface area (Å²) in [4.78, 5) is 17.5. The maximum Gasteiger partial charge on any atom is 0.356 e. The second-order valence-electron chi connectivity index (χ2n) is 1.81. The molecule has 5 nitrogen and oxygen atoms in total. The van der Waals surface area contributed by atoms with E-state index >= 15 is 0 Å². The average Bonchev–Trinajstić information content (AvgIpc) is 2.04. The first kappa shape index (κ1) is 7.62. The monoisotopic (exact) mass is 154 g/mol. The first-order valence-electron chi connectivity index (χ1n) is 2.89. The molecule has 0 unspecified atom stereocenters. The largest absolute Gasteiger partial charge is 0.476 e. The maximum atomic E-state index is 10.4. The molecular weight excluding hydrogens is 148 g/mol. The van der Waals surface area contributed by atoms with Gasteiger partial charge in [0.25, 0.3) is 0 Å². The van der Waals surface area contributed by atoms with Gasteiger partial charge in [0.1, 0.15) is 0 Å². The molecule has 1 aromatic heterocycles. The van der Waals surface area contributed by atoms with E-state index in [9.17, 15) is 4.79 Å². The lowest BCUT2D eigenvalue weighted by molar-refractivity contribution is 0.0685. The van der Waals surface area contributed by atoms with Crippen LogP contribution in [0.2, 0.25) is 0 Å². The highest BCUT2D eigenvalue weighted by Gasteiger charge is 2.10. The first-order valence-corrected chi connectivity index (χ1v) is 2.89. The van der Waals surface area contributed by atoms with Crippen molar-refractivity contribution in [1.29, 1.82) is 0 Å². The van der Waals surface area contributed by atoms with Gasteiger partial charge in [-0.05, 0) is 0 Å². The minimum atomic E-state index is -1.18. The maximum absolute atomic E-state index is 10.4. The fourth-order valence-electron chi connectivity index (χ4n) is 0.661. The molecule has 11 heavy (non-hydrogen) atoms. The quantitative estimate of drug-likeness (QED) is 0.609. The van der Waals surface area contributed by atoms with Crippen molar-refractivity contribution in [3.05, 3.63) is 23.8 Å². The summed E-state index contributed by atoms with van der Waals surface area (Å²) < 4.78 is 0. The number of carboxylic acid groups (broad SMARTS) is 1. The van der Waals surface area contributed by atoms with Crippen molar-refractivity contribution in [1.82, 2.24) is 9.97 Å². The predicted octanol–water partition coefficient (Wildman–Crippen LogP) is -0.333. The van der Waals surface area contributed by atoms with Crippen LogP contribution in [0.3, 0.4) is 0 Å². The minimum absolute atomic E-state index is 0.0833. The lowest BCUT2D eigenvalue weighted by atomic mass is 10.3. The SMILES string of the molecule is O=C(O)c1nccnc1CO. The third kappa shape index (κ3) is 1.50. The van der Waals surface area contributed by atoms with Crippen LogP contribution in [0.15, 0.2) is 12.4 Å². The predicted molar refractivity (Wildman–Crippen MR) is 34.9 cm³/mol. The summed E-state index contributed by atoms with van der Waals surface area (Å²) >= 11 is 0. The van der Waals surface area contributed by atoms with Gasteiger partial charge in [-0.3, -0.25) is 4.98 Å². The van der Waals surface area contributed by atoms with E-state index in [4.69, 9.17) is 10.2 Å². The Hall–Kier alpha value is -1.49. The Morgan fingerprint density at radius 2 is 2.09 bits per heavy atom. The van der Waals surface area contributed by atoms with Gasteiger partial charge in [0.2, 0.25) is 0 Å². The van der Waals surface area contributed by atoms with Crippen LogP contribution in [0.4, 0.5) is 0 Å². The van der Waals surface area contributed by atoms with E-state index < -0.39 is 12.6 Å². The molecule has 1 aromatic rings. The summed E-state index contributed by atoms with van der Waals surface area (Å²) in [5.41, 5.74) is -0.116. The van der Waals surface area contributed by atoms with E-state index in [1.165, 1.54) is 12.4 Å². The topological polar surface area (TPSA) is 83.3 Å². The number of hydrogen-bond acceptors (Lipinski definition) is 4. The molecule has 0 amide bonds. The van der Waals surface area contributed by atoms with Crippen molar-refractivity contribution < 1.29 is 15.0 Å². The van der Waals surface area contributed by atoms with Crippen LogP contribution in [-0.2, 0) is 6.61 Å².